The third-order valence-electron chi connectivity index (χ3n) is 2.95. The van der Waals surface area contributed by atoms with Gasteiger partial charge in [0.05, 0.1) is 12.6 Å². The van der Waals surface area contributed by atoms with E-state index in [1.54, 1.807) is 0 Å². The zero-order chi connectivity index (χ0) is 9.97. The van der Waals surface area contributed by atoms with E-state index in [-0.39, 0.29) is 6.10 Å². The van der Waals surface area contributed by atoms with E-state index < -0.39 is 0 Å². The maximum atomic E-state index is 11.6. The van der Waals surface area contributed by atoms with Crippen molar-refractivity contribution in [3.63, 3.8) is 0 Å². The molecule has 0 radical (unpaired) electrons. The fraction of sp³-hybridized carbons (Fsp3) is 0.909. The molecular formula is C11H19NO2. The summed E-state index contributed by atoms with van der Waals surface area (Å²) >= 11 is 0. The van der Waals surface area contributed by atoms with Crippen molar-refractivity contribution in [3.8, 4) is 0 Å². The maximum Gasteiger partial charge on any atom is 0.149 e. The minimum Gasteiger partial charge on any atom is -0.377 e. The number of ketones is 1. The Balaban J connectivity index is 1.79. The van der Waals surface area contributed by atoms with E-state index in [9.17, 15) is 4.79 Å². The Morgan fingerprint density at radius 1 is 1.50 bits per heavy atom. The van der Waals surface area contributed by atoms with Crippen molar-refractivity contribution in [2.45, 2.75) is 32.3 Å². The van der Waals surface area contributed by atoms with Crippen molar-refractivity contribution < 1.29 is 9.53 Å². The number of carbonyl (C=O) groups is 1. The van der Waals surface area contributed by atoms with Gasteiger partial charge in [0.2, 0.25) is 0 Å². The molecule has 80 valence electrons. The average molecular weight is 197 g/mol. The molecule has 0 bridgehead atoms. The van der Waals surface area contributed by atoms with Crippen LogP contribution >= 0.6 is 0 Å². The lowest BCUT2D eigenvalue weighted by atomic mass is 10.2. The lowest BCUT2D eigenvalue weighted by molar-refractivity contribution is -0.121. The molecule has 3 heteroatoms. The highest BCUT2D eigenvalue weighted by Crippen LogP contribution is 2.30. The summed E-state index contributed by atoms with van der Waals surface area (Å²) in [6.45, 7) is 5.51. The van der Waals surface area contributed by atoms with Gasteiger partial charge in [-0.2, -0.15) is 0 Å². The molecule has 0 aromatic carbocycles. The molecule has 1 saturated heterocycles. The standard InChI is InChI=1S/C11H19NO2/c1-9-7-12(5-2-6-14-9)8-11(13)10-3-4-10/h9-10H,2-8H2,1H3. The monoisotopic (exact) mass is 197 g/mol. The van der Waals surface area contributed by atoms with Gasteiger partial charge in [-0.05, 0) is 26.2 Å². The van der Waals surface area contributed by atoms with Crippen LogP contribution in [0, 0.1) is 5.92 Å². The van der Waals surface area contributed by atoms with Gasteiger partial charge in [0.15, 0.2) is 0 Å². The molecular weight excluding hydrogens is 178 g/mol. The van der Waals surface area contributed by atoms with Crippen LogP contribution in [0.5, 0.6) is 0 Å². The van der Waals surface area contributed by atoms with Crippen LogP contribution in [-0.2, 0) is 9.53 Å². The van der Waals surface area contributed by atoms with Crippen LogP contribution in [0.3, 0.4) is 0 Å². The fourth-order valence-corrected chi connectivity index (χ4v) is 1.98. The maximum absolute atomic E-state index is 11.6. The molecule has 0 aromatic heterocycles. The first-order valence-corrected chi connectivity index (χ1v) is 5.62. The van der Waals surface area contributed by atoms with Gasteiger partial charge in [-0.1, -0.05) is 0 Å². The minimum atomic E-state index is 0.282. The number of rotatable bonds is 3. The number of hydrogen-bond donors (Lipinski definition) is 0. The van der Waals surface area contributed by atoms with E-state index in [1.807, 2.05) is 0 Å². The molecule has 0 N–H and O–H groups in total. The fourth-order valence-electron chi connectivity index (χ4n) is 1.98. The summed E-state index contributed by atoms with van der Waals surface area (Å²) in [7, 11) is 0. The summed E-state index contributed by atoms with van der Waals surface area (Å²) in [5, 5.41) is 0. The number of ether oxygens (including phenoxy) is 1. The Bertz CT molecular complexity index is 213. The first kappa shape index (κ1) is 10.1. The Morgan fingerprint density at radius 2 is 2.29 bits per heavy atom. The van der Waals surface area contributed by atoms with Crippen LogP contribution in [-0.4, -0.2) is 43.0 Å². The first-order chi connectivity index (χ1) is 6.75. The van der Waals surface area contributed by atoms with Gasteiger partial charge in [-0.25, -0.2) is 0 Å². The molecule has 0 spiro atoms. The van der Waals surface area contributed by atoms with Gasteiger partial charge in [-0.3, -0.25) is 9.69 Å². The number of carbonyl (C=O) groups excluding carboxylic acids is 1. The Kier molecular flexibility index (Phi) is 3.19. The zero-order valence-corrected chi connectivity index (χ0v) is 8.87. The van der Waals surface area contributed by atoms with Gasteiger partial charge in [0.1, 0.15) is 5.78 Å². The van der Waals surface area contributed by atoms with E-state index in [0.29, 0.717) is 18.2 Å². The highest BCUT2D eigenvalue weighted by atomic mass is 16.5. The minimum absolute atomic E-state index is 0.282. The van der Waals surface area contributed by atoms with Crippen LogP contribution in [0.1, 0.15) is 26.2 Å². The van der Waals surface area contributed by atoms with Crippen LogP contribution in [0.15, 0.2) is 0 Å². The molecule has 1 atom stereocenters. The van der Waals surface area contributed by atoms with E-state index in [0.717, 1.165) is 39.0 Å². The smallest absolute Gasteiger partial charge is 0.149 e. The second-order valence-electron chi connectivity index (χ2n) is 4.51. The molecule has 2 fully saturated rings. The van der Waals surface area contributed by atoms with Crippen LogP contribution < -0.4 is 0 Å². The van der Waals surface area contributed by atoms with Crippen molar-refractivity contribution in [2.24, 2.45) is 5.92 Å². The van der Waals surface area contributed by atoms with E-state index >= 15 is 0 Å². The largest absolute Gasteiger partial charge is 0.377 e. The molecule has 3 nitrogen and oxygen atoms in total. The quantitative estimate of drug-likeness (QED) is 0.678. The van der Waals surface area contributed by atoms with Crippen LogP contribution in [0.25, 0.3) is 0 Å². The van der Waals surface area contributed by atoms with Gasteiger partial charge < -0.3 is 4.74 Å². The SMILES string of the molecule is CC1CN(CC(=O)C2CC2)CCCO1. The van der Waals surface area contributed by atoms with Gasteiger partial charge >= 0.3 is 0 Å². The average Bonchev–Trinajstić information content (AvgIpc) is 2.91. The highest BCUT2D eigenvalue weighted by molar-refractivity contribution is 5.84. The van der Waals surface area contributed by atoms with Crippen molar-refractivity contribution in [2.75, 3.05) is 26.2 Å². The lowest BCUT2D eigenvalue weighted by Crippen LogP contribution is -2.35. The summed E-state index contributed by atoms with van der Waals surface area (Å²) in [5.74, 6) is 0.841. The summed E-state index contributed by atoms with van der Waals surface area (Å²) in [6, 6.07) is 0. The van der Waals surface area contributed by atoms with Crippen molar-refractivity contribution in [1.82, 2.24) is 4.90 Å². The van der Waals surface area contributed by atoms with Crippen molar-refractivity contribution >= 4 is 5.78 Å². The molecule has 14 heavy (non-hydrogen) atoms. The summed E-state index contributed by atoms with van der Waals surface area (Å²) in [4.78, 5) is 13.9. The number of nitrogens with zero attached hydrogens (tertiary/aromatic N) is 1. The predicted molar refractivity (Wildman–Crippen MR) is 54.2 cm³/mol. The molecule has 0 aromatic rings. The molecule has 2 aliphatic rings. The van der Waals surface area contributed by atoms with E-state index in [2.05, 4.69) is 11.8 Å². The van der Waals surface area contributed by atoms with Crippen molar-refractivity contribution in [3.05, 3.63) is 0 Å². The summed E-state index contributed by atoms with van der Waals surface area (Å²) in [5.41, 5.74) is 0. The molecule has 1 aliphatic carbocycles. The molecule has 0 amide bonds. The van der Waals surface area contributed by atoms with E-state index in [4.69, 9.17) is 4.74 Å². The highest BCUT2D eigenvalue weighted by Gasteiger charge is 2.30. The number of hydrogen-bond acceptors (Lipinski definition) is 3. The topological polar surface area (TPSA) is 29.5 Å². The number of Topliss-reactive ketones (excluding diaryl/α,β-unsaturated/α-hetero) is 1. The lowest BCUT2D eigenvalue weighted by Gasteiger charge is -2.20. The second-order valence-corrected chi connectivity index (χ2v) is 4.51. The Hall–Kier alpha value is -0.410. The Morgan fingerprint density at radius 3 is 3.00 bits per heavy atom. The molecule has 1 aliphatic heterocycles. The summed E-state index contributed by atoms with van der Waals surface area (Å²) in [6.07, 6.45) is 3.59. The third kappa shape index (κ3) is 2.79. The van der Waals surface area contributed by atoms with Crippen LogP contribution in [0.2, 0.25) is 0 Å². The molecule has 1 saturated carbocycles. The second kappa shape index (κ2) is 4.41. The van der Waals surface area contributed by atoms with Crippen LogP contribution in [0.4, 0.5) is 0 Å². The summed E-state index contributed by atoms with van der Waals surface area (Å²) < 4.78 is 5.54. The zero-order valence-electron chi connectivity index (χ0n) is 8.87. The van der Waals surface area contributed by atoms with Gasteiger partial charge in [-0.15, -0.1) is 0 Å². The first-order valence-electron chi connectivity index (χ1n) is 5.62. The normalized spacial score (nSPS) is 29.9. The molecule has 2 rings (SSSR count). The Labute approximate surface area is 85.4 Å². The molecule has 1 unspecified atom stereocenters. The third-order valence-corrected chi connectivity index (χ3v) is 2.95. The van der Waals surface area contributed by atoms with E-state index in [1.165, 1.54) is 0 Å². The molecule has 1 heterocycles. The predicted octanol–water partition coefficient (Wildman–Crippen LogP) is 1.08. The van der Waals surface area contributed by atoms with Gasteiger partial charge in [0, 0.05) is 25.6 Å². The van der Waals surface area contributed by atoms with Crippen molar-refractivity contribution in [1.29, 1.82) is 0 Å². The van der Waals surface area contributed by atoms with Gasteiger partial charge in [0.25, 0.3) is 0 Å².